The van der Waals surface area contributed by atoms with Gasteiger partial charge in [-0.25, -0.2) is 9.59 Å². The first kappa shape index (κ1) is 23.6. The third-order valence-electron chi connectivity index (χ3n) is 4.61. The second kappa shape index (κ2) is 12.1. The predicted molar refractivity (Wildman–Crippen MR) is 103 cm³/mol. The molecule has 0 bridgehead atoms. The Balaban J connectivity index is 0.000000568. The van der Waals surface area contributed by atoms with E-state index >= 15 is 0 Å². The molecule has 28 heavy (non-hydrogen) atoms. The summed E-state index contributed by atoms with van der Waals surface area (Å²) in [5.41, 5.74) is 0.667. The van der Waals surface area contributed by atoms with Crippen molar-refractivity contribution >= 4 is 17.7 Å². The van der Waals surface area contributed by atoms with Crippen molar-refractivity contribution in [1.82, 2.24) is 5.32 Å². The molecule has 1 saturated carbocycles. The highest BCUT2D eigenvalue weighted by Gasteiger charge is 2.21. The van der Waals surface area contributed by atoms with Gasteiger partial charge in [0.1, 0.15) is 18.5 Å². The van der Waals surface area contributed by atoms with Crippen LogP contribution in [0.15, 0.2) is 24.3 Å². The van der Waals surface area contributed by atoms with Gasteiger partial charge in [0.2, 0.25) is 0 Å². The molecule has 8 nitrogen and oxygen atoms in total. The van der Waals surface area contributed by atoms with E-state index in [4.69, 9.17) is 24.5 Å². The maximum absolute atomic E-state index is 11.2. The van der Waals surface area contributed by atoms with Crippen LogP contribution in [-0.2, 0) is 9.59 Å². The van der Waals surface area contributed by atoms with Crippen molar-refractivity contribution in [2.75, 3.05) is 13.2 Å². The standard InChI is InChI=1S/C18H27NO3.C2H2O4/c1-13-5-3-4-6-18(13)19-11-16(21)12-22-17-9-7-15(8-10-17)14(2)20;3-1(4)2(5)6/h7-10,13,16,18-19,21H,3-6,11-12H2,1-2H3;(H,3,4)(H,5,6). The van der Waals surface area contributed by atoms with Gasteiger partial charge >= 0.3 is 11.9 Å². The smallest absolute Gasteiger partial charge is 0.414 e. The third-order valence-corrected chi connectivity index (χ3v) is 4.61. The maximum Gasteiger partial charge on any atom is 0.414 e. The molecule has 1 aromatic carbocycles. The molecule has 0 spiro atoms. The molecule has 1 aliphatic rings. The van der Waals surface area contributed by atoms with Crippen LogP contribution >= 0.6 is 0 Å². The number of ketones is 1. The number of aliphatic hydroxyl groups excluding tert-OH is 1. The quantitative estimate of drug-likeness (QED) is 0.407. The van der Waals surface area contributed by atoms with Crippen molar-refractivity contribution < 1.29 is 34.4 Å². The average Bonchev–Trinajstić information content (AvgIpc) is 2.66. The first-order chi connectivity index (χ1) is 13.2. The van der Waals surface area contributed by atoms with E-state index in [0.717, 1.165) is 0 Å². The molecule has 156 valence electrons. The minimum atomic E-state index is -1.82. The van der Waals surface area contributed by atoms with Crippen molar-refractivity contribution in [2.45, 2.75) is 51.7 Å². The molecule has 0 radical (unpaired) electrons. The van der Waals surface area contributed by atoms with E-state index in [1.54, 1.807) is 24.3 Å². The predicted octanol–water partition coefficient (Wildman–Crippen LogP) is 1.95. The zero-order chi connectivity index (χ0) is 21.1. The fourth-order valence-corrected chi connectivity index (χ4v) is 2.94. The Kier molecular flexibility index (Phi) is 10.2. The second-order valence-corrected chi connectivity index (χ2v) is 6.93. The highest BCUT2D eigenvalue weighted by atomic mass is 16.5. The van der Waals surface area contributed by atoms with E-state index < -0.39 is 18.0 Å². The number of carbonyl (C=O) groups excluding carboxylic acids is 1. The van der Waals surface area contributed by atoms with Gasteiger partial charge in [0.25, 0.3) is 0 Å². The lowest BCUT2D eigenvalue weighted by molar-refractivity contribution is -0.159. The largest absolute Gasteiger partial charge is 0.491 e. The van der Waals surface area contributed by atoms with E-state index in [0.29, 0.717) is 29.8 Å². The molecule has 0 aliphatic heterocycles. The molecule has 0 saturated heterocycles. The number of hydrogen-bond donors (Lipinski definition) is 4. The number of benzene rings is 1. The Bertz CT molecular complexity index is 632. The zero-order valence-electron chi connectivity index (χ0n) is 16.3. The molecule has 3 atom stereocenters. The molecule has 0 heterocycles. The fourth-order valence-electron chi connectivity index (χ4n) is 2.94. The monoisotopic (exact) mass is 395 g/mol. The van der Waals surface area contributed by atoms with Gasteiger partial charge in [-0.2, -0.15) is 0 Å². The van der Waals surface area contributed by atoms with Gasteiger partial charge in [0.05, 0.1) is 0 Å². The topological polar surface area (TPSA) is 133 Å². The highest BCUT2D eigenvalue weighted by molar-refractivity contribution is 6.27. The first-order valence-corrected chi connectivity index (χ1v) is 9.32. The lowest BCUT2D eigenvalue weighted by atomic mass is 9.86. The summed E-state index contributed by atoms with van der Waals surface area (Å²) in [4.78, 5) is 29.4. The first-order valence-electron chi connectivity index (χ1n) is 9.32. The van der Waals surface area contributed by atoms with Crippen LogP contribution in [0.25, 0.3) is 0 Å². The SMILES string of the molecule is CC(=O)c1ccc(OCC(O)CNC2CCCCC2C)cc1.O=C(O)C(=O)O. The Morgan fingerprint density at radius 1 is 1.11 bits per heavy atom. The van der Waals surface area contributed by atoms with Crippen molar-refractivity contribution in [3.05, 3.63) is 29.8 Å². The Hall–Kier alpha value is -2.45. The van der Waals surface area contributed by atoms with Gasteiger partial charge in [-0.05, 0) is 49.9 Å². The minimum Gasteiger partial charge on any atom is -0.491 e. The summed E-state index contributed by atoms with van der Waals surface area (Å²) in [5, 5.41) is 28.3. The molecule has 1 aliphatic carbocycles. The van der Waals surface area contributed by atoms with Gasteiger partial charge in [0, 0.05) is 18.2 Å². The summed E-state index contributed by atoms with van der Waals surface area (Å²) < 4.78 is 5.57. The van der Waals surface area contributed by atoms with Crippen LogP contribution in [0.2, 0.25) is 0 Å². The number of rotatable bonds is 7. The molecule has 3 unspecified atom stereocenters. The summed E-state index contributed by atoms with van der Waals surface area (Å²) in [6.07, 6.45) is 4.54. The number of hydrogen-bond acceptors (Lipinski definition) is 6. The number of Topliss-reactive ketones (excluding diaryl/α,β-unsaturated/α-hetero) is 1. The Labute approximate surface area is 164 Å². The van der Waals surface area contributed by atoms with E-state index in [-0.39, 0.29) is 12.4 Å². The van der Waals surface area contributed by atoms with Gasteiger partial charge < -0.3 is 25.4 Å². The van der Waals surface area contributed by atoms with E-state index in [1.165, 1.54) is 32.6 Å². The molecule has 1 aromatic rings. The van der Waals surface area contributed by atoms with Gasteiger partial charge in [-0.1, -0.05) is 19.8 Å². The Morgan fingerprint density at radius 2 is 1.68 bits per heavy atom. The number of nitrogens with one attached hydrogen (secondary N) is 1. The van der Waals surface area contributed by atoms with Crippen molar-refractivity contribution in [3.63, 3.8) is 0 Å². The van der Waals surface area contributed by atoms with E-state index in [1.807, 2.05) is 0 Å². The third kappa shape index (κ3) is 8.96. The summed E-state index contributed by atoms with van der Waals surface area (Å²) in [6, 6.07) is 7.52. The van der Waals surface area contributed by atoms with E-state index in [2.05, 4.69) is 12.2 Å². The lowest BCUT2D eigenvalue weighted by Crippen LogP contribution is -2.42. The molecule has 1 fully saturated rings. The fraction of sp³-hybridized carbons (Fsp3) is 0.550. The summed E-state index contributed by atoms with van der Waals surface area (Å²) >= 11 is 0. The molecule has 4 N–H and O–H groups in total. The zero-order valence-corrected chi connectivity index (χ0v) is 16.3. The van der Waals surface area contributed by atoms with Crippen molar-refractivity contribution in [3.8, 4) is 5.75 Å². The number of carbonyl (C=O) groups is 3. The van der Waals surface area contributed by atoms with Crippen LogP contribution in [0.3, 0.4) is 0 Å². The second-order valence-electron chi connectivity index (χ2n) is 6.93. The van der Waals surface area contributed by atoms with Crippen LogP contribution in [0, 0.1) is 5.92 Å². The van der Waals surface area contributed by atoms with Crippen molar-refractivity contribution in [2.24, 2.45) is 5.92 Å². The van der Waals surface area contributed by atoms with Crippen LogP contribution < -0.4 is 10.1 Å². The summed E-state index contributed by atoms with van der Waals surface area (Å²) in [7, 11) is 0. The molecular weight excluding hydrogens is 366 g/mol. The lowest BCUT2D eigenvalue weighted by Gasteiger charge is -2.30. The van der Waals surface area contributed by atoms with Crippen molar-refractivity contribution in [1.29, 1.82) is 0 Å². The minimum absolute atomic E-state index is 0.0392. The van der Waals surface area contributed by atoms with Gasteiger partial charge in [0.15, 0.2) is 5.78 Å². The molecule has 0 amide bonds. The van der Waals surface area contributed by atoms with Gasteiger partial charge in [-0.15, -0.1) is 0 Å². The number of aliphatic hydroxyl groups is 1. The Morgan fingerprint density at radius 3 is 2.18 bits per heavy atom. The molecule has 8 heteroatoms. The number of ether oxygens (including phenoxy) is 1. The summed E-state index contributed by atoms with van der Waals surface area (Å²) in [6.45, 7) is 4.63. The van der Waals surface area contributed by atoms with E-state index in [9.17, 15) is 9.90 Å². The maximum atomic E-state index is 11.2. The van der Waals surface area contributed by atoms with Gasteiger partial charge in [-0.3, -0.25) is 4.79 Å². The number of carboxylic acids is 2. The number of aliphatic carboxylic acids is 2. The summed E-state index contributed by atoms with van der Waals surface area (Å²) in [5.74, 6) is -2.25. The van der Waals surface area contributed by atoms with Crippen LogP contribution in [0.4, 0.5) is 0 Å². The number of carboxylic acid groups (broad SMARTS) is 2. The van der Waals surface area contributed by atoms with Crippen LogP contribution in [0.5, 0.6) is 5.75 Å². The molecule has 2 rings (SSSR count). The molecule has 0 aromatic heterocycles. The average molecular weight is 395 g/mol. The molecular formula is C20H29NO7. The van der Waals surface area contributed by atoms with Crippen LogP contribution in [0.1, 0.15) is 49.9 Å². The van der Waals surface area contributed by atoms with Crippen LogP contribution in [-0.4, -0.2) is 58.3 Å². The normalized spacial score (nSPS) is 19.7. The highest BCUT2D eigenvalue weighted by Crippen LogP contribution is 2.23.